The lowest BCUT2D eigenvalue weighted by Gasteiger charge is -2.26. The molecular weight excluding hydrogens is 338 g/mol. The van der Waals surface area contributed by atoms with Gasteiger partial charge in [0.2, 0.25) is 5.91 Å². The first-order chi connectivity index (χ1) is 13.0. The van der Waals surface area contributed by atoms with E-state index in [4.69, 9.17) is 0 Å². The third-order valence-electron chi connectivity index (χ3n) is 4.74. The Hall–Kier alpha value is -2.66. The van der Waals surface area contributed by atoms with Crippen LogP contribution in [0.5, 0.6) is 0 Å². The van der Waals surface area contributed by atoms with Crippen molar-refractivity contribution in [2.24, 2.45) is 0 Å². The monoisotopic (exact) mass is 365 g/mol. The van der Waals surface area contributed by atoms with Gasteiger partial charge < -0.3 is 15.1 Å². The Morgan fingerprint density at radius 1 is 1.00 bits per heavy atom. The van der Waals surface area contributed by atoms with Crippen LogP contribution in [0.15, 0.2) is 48.5 Å². The smallest absolute Gasteiger partial charge is 0.251 e. The van der Waals surface area contributed by atoms with E-state index in [1.165, 1.54) is 5.56 Å². The van der Waals surface area contributed by atoms with Crippen molar-refractivity contribution in [2.45, 2.75) is 32.4 Å². The van der Waals surface area contributed by atoms with Crippen molar-refractivity contribution in [1.29, 1.82) is 0 Å². The molecule has 3 rings (SSSR count). The second kappa shape index (κ2) is 8.82. The molecule has 0 aliphatic carbocycles. The van der Waals surface area contributed by atoms with E-state index in [0.717, 1.165) is 37.2 Å². The van der Waals surface area contributed by atoms with Gasteiger partial charge in [-0.15, -0.1) is 0 Å². The van der Waals surface area contributed by atoms with Gasteiger partial charge in [-0.05, 0) is 62.3 Å². The molecule has 2 aromatic carbocycles. The molecule has 0 saturated carbocycles. The topological polar surface area (TPSA) is 52.7 Å². The molecule has 0 unspecified atom stereocenters. The third kappa shape index (κ3) is 5.17. The lowest BCUT2D eigenvalue weighted by atomic mass is 10.1. The van der Waals surface area contributed by atoms with Gasteiger partial charge in [0, 0.05) is 37.3 Å². The second-order valence-corrected chi connectivity index (χ2v) is 7.29. The van der Waals surface area contributed by atoms with E-state index < -0.39 is 0 Å². The molecule has 0 aromatic heterocycles. The van der Waals surface area contributed by atoms with Crippen LogP contribution in [0.1, 0.15) is 40.7 Å². The molecule has 0 radical (unpaired) electrons. The molecule has 1 heterocycles. The fourth-order valence-corrected chi connectivity index (χ4v) is 3.28. The van der Waals surface area contributed by atoms with E-state index in [2.05, 4.69) is 22.3 Å². The summed E-state index contributed by atoms with van der Waals surface area (Å²) in [5.41, 5.74) is 3.79. The number of anilines is 1. The highest BCUT2D eigenvalue weighted by Gasteiger charge is 2.19. The van der Waals surface area contributed by atoms with Crippen molar-refractivity contribution in [3.63, 3.8) is 0 Å². The first-order valence-corrected chi connectivity index (χ1v) is 9.44. The van der Waals surface area contributed by atoms with Crippen LogP contribution in [0.2, 0.25) is 0 Å². The van der Waals surface area contributed by atoms with Crippen molar-refractivity contribution in [3.05, 3.63) is 65.2 Å². The standard InChI is InChI=1S/C22H27N3O2/c1-24(2)16-18-8-6-17(7-9-18)15-23-22(27)19-10-12-20(13-11-19)25-14-4-3-5-21(25)26/h6-13H,3-5,14-16H2,1-2H3,(H,23,27). The van der Waals surface area contributed by atoms with Gasteiger partial charge in [0.25, 0.3) is 5.91 Å². The minimum Gasteiger partial charge on any atom is -0.348 e. The van der Waals surface area contributed by atoms with E-state index in [-0.39, 0.29) is 11.8 Å². The van der Waals surface area contributed by atoms with Gasteiger partial charge in [0.1, 0.15) is 0 Å². The molecule has 5 nitrogen and oxygen atoms in total. The van der Waals surface area contributed by atoms with Crippen LogP contribution in [-0.2, 0) is 17.9 Å². The van der Waals surface area contributed by atoms with Crippen molar-refractivity contribution in [2.75, 3.05) is 25.5 Å². The molecule has 2 amide bonds. The number of nitrogens with one attached hydrogen (secondary N) is 1. The second-order valence-electron chi connectivity index (χ2n) is 7.29. The Labute approximate surface area is 161 Å². The number of piperidine rings is 1. The zero-order chi connectivity index (χ0) is 19.2. The number of amides is 2. The minimum absolute atomic E-state index is 0.108. The highest BCUT2D eigenvalue weighted by Crippen LogP contribution is 2.21. The quantitative estimate of drug-likeness (QED) is 0.855. The summed E-state index contributed by atoms with van der Waals surface area (Å²) < 4.78 is 0. The van der Waals surface area contributed by atoms with Gasteiger partial charge in [-0.25, -0.2) is 0 Å². The van der Waals surface area contributed by atoms with Gasteiger partial charge in [0.05, 0.1) is 0 Å². The maximum Gasteiger partial charge on any atom is 0.251 e. The number of carbonyl (C=O) groups is 2. The predicted molar refractivity (Wildman–Crippen MR) is 108 cm³/mol. The van der Waals surface area contributed by atoms with Gasteiger partial charge in [-0.2, -0.15) is 0 Å². The molecule has 142 valence electrons. The Bertz CT molecular complexity index is 782. The molecule has 2 aromatic rings. The molecule has 0 atom stereocenters. The number of rotatable bonds is 6. The van der Waals surface area contributed by atoms with Gasteiger partial charge >= 0.3 is 0 Å². The van der Waals surface area contributed by atoms with Crippen molar-refractivity contribution >= 4 is 17.5 Å². The average Bonchev–Trinajstić information content (AvgIpc) is 2.67. The molecule has 0 bridgehead atoms. The molecular formula is C22H27N3O2. The minimum atomic E-state index is -0.108. The molecule has 0 spiro atoms. The van der Waals surface area contributed by atoms with Crippen molar-refractivity contribution in [3.8, 4) is 0 Å². The van der Waals surface area contributed by atoms with Crippen LogP contribution in [0, 0.1) is 0 Å². The van der Waals surface area contributed by atoms with E-state index in [1.54, 1.807) is 17.0 Å². The van der Waals surface area contributed by atoms with E-state index in [1.807, 2.05) is 38.4 Å². The Kier molecular flexibility index (Phi) is 6.24. The molecule has 1 fully saturated rings. The van der Waals surface area contributed by atoms with Crippen molar-refractivity contribution < 1.29 is 9.59 Å². The Morgan fingerprint density at radius 3 is 2.30 bits per heavy atom. The van der Waals surface area contributed by atoms with E-state index in [0.29, 0.717) is 18.5 Å². The Balaban J connectivity index is 1.55. The van der Waals surface area contributed by atoms with Crippen LogP contribution in [0.4, 0.5) is 5.69 Å². The highest BCUT2D eigenvalue weighted by atomic mass is 16.2. The zero-order valence-electron chi connectivity index (χ0n) is 16.1. The summed E-state index contributed by atoms with van der Waals surface area (Å²) >= 11 is 0. The maximum atomic E-state index is 12.4. The summed E-state index contributed by atoms with van der Waals surface area (Å²) in [7, 11) is 4.08. The first kappa shape index (κ1) is 19.1. The highest BCUT2D eigenvalue weighted by molar-refractivity contribution is 5.96. The number of nitrogens with zero attached hydrogens (tertiary/aromatic N) is 2. The first-order valence-electron chi connectivity index (χ1n) is 9.44. The number of carbonyl (C=O) groups excluding carboxylic acids is 2. The van der Waals surface area contributed by atoms with E-state index in [9.17, 15) is 9.59 Å². The number of hydrogen-bond acceptors (Lipinski definition) is 3. The molecule has 1 N–H and O–H groups in total. The molecule has 1 aliphatic rings. The van der Waals surface area contributed by atoms with Crippen LogP contribution in [-0.4, -0.2) is 37.4 Å². The summed E-state index contributed by atoms with van der Waals surface area (Å²) in [6.07, 6.45) is 2.60. The number of hydrogen-bond donors (Lipinski definition) is 1. The van der Waals surface area contributed by atoms with Crippen LogP contribution in [0.3, 0.4) is 0 Å². The predicted octanol–water partition coefficient (Wildman–Crippen LogP) is 3.20. The fraction of sp³-hybridized carbons (Fsp3) is 0.364. The Morgan fingerprint density at radius 2 is 1.67 bits per heavy atom. The molecule has 5 heteroatoms. The third-order valence-corrected chi connectivity index (χ3v) is 4.74. The zero-order valence-corrected chi connectivity index (χ0v) is 16.1. The van der Waals surface area contributed by atoms with Gasteiger partial charge in [-0.1, -0.05) is 24.3 Å². The fourth-order valence-electron chi connectivity index (χ4n) is 3.28. The lowest BCUT2D eigenvalue weighted by molar-refractivity contribution is -0.119. The largest absolute Gasteiger partial charge is 0.348 e. The summed E-state index contributed by atoms with van der Waals surface area (Å²) in [5.74, 6) is 0.0556. The summed E-state index contributed by atoms with van der Waals surface area (Å²) in [6, 6.07) is 15.5. The maximum absolute atomic E-state index is 12.4. The normalized spacial score (nSPS) is 14.5. The SMILES string of the molecule is CN(C)Cc1ccc(CNC(=O)c2ccc(N3CCCCC3=O)cc2)cc1. The molecule has 1 saturated heterocycles. The van der Waals surface area contributed by atoms with Crippen molar-refractivity contribution in [1.82, 2.24) is 10.2 Å². The summed E-state index contributed by atoms with van der Waals surface area (Å²) in [5, 5.41) is 2.95. The van der Waals surface area contributed by atoms with Crippen LogP contribution < -0.4 is 10.2 Å². The van der Waals surface area contributed by atoms with Crippen LogP contribution in [0.25, 0.3) is 0 Å². The average molecular weight is 365 g/mol. The van der Waals surface area contributed by atoms with Crippen LogP contribution >= 0.6 is 0 Å². The molecule has 1 aliphatic heterocycles. The van der Waals surface area contributed by atoms with Gasteiger partial charge in [-0.3, -0.25) is 9.59 Å². The summed E-state index contributed by atoms with van der Waals surface area (Å²) in [6.45, 7) is 2.15. The van der Waals surface area contributed by atoms with E-state index >= 15 is 0 Å². The summed E-state index contributed by atoms with van der Waals surface area (Å²) in [4.78, 5) is 28.3. The van der Waals surface area contributed by atoms with Gasteiger partial charge in [0.15, 0.2) is 0 Å². The lowest BCUT2D eigenvalue weighted by Crippen LogP contribution is -2.35. The molecule has 27 heavy (non-hydrogen) atoms. The number of benzene rings is 2.